The van der Waals surface area contributed by atoms with Crippen LogP contribution in [0.4, 0.5) is 10.2 Å². The van der Waals surface area contributed by atoms with Gasteiger partial charge in [-0.1, -0.05) is 35.9 Å². The van der Waals surface area contributed by atoms with E-state index in [0.717, 1.165) is 15.7 Å². The first-order valence-corrected chi connectivity index (χ1v) is 19.4. The fourth-order valence-electron chi connectivity index (χ4n) is 7.78. The number of benzene rings is 4. The van der Waals surface area contributed by atoms with Crippen LogP contribution in [0.25, 0.3) is 32.8 Å². The number of ether oxygens (including phenoxy) is 2. The average molecular weight is 809 g/mol. The van der Waals surface area contributed by atoms with Crippen molar-refractivity contribution < 1.29 is 42.9 Å². The molecule has 4 heterocycles. The van der Waals surface area contributed by atoms with Crippen molar-refractivity contribution in [1.82, 2.24) is 25.1 Å². The molecule has 4 aromatic carbocycles. The van der Waals surface area contributed by atoms with Crippen molar-refractivity contribution in [2.24, 2.45) is 0 Å². The molecule has 2 N–H and O–H groups in total. The van der Waals surface area contributed by atoms with Crippen molar-refractivity contribution in [3.05, 3.63) is 89.0 Å². The summed E-state index contributed by atoms with van der Waals surface area (Å²) >= 11 is 6.75. The first-order chi connectivity index (χ1) is 28.1. The number of unbranched alkanes of at least 4 members (excludes halogenated alkanes) is 1. The van der Waals surface area contributed by atoms with Crippen LogP contribution in [0.3, 0.4) is 0 Å². The molecule has 1 aromatic heterocycles. The van der Waals surface area contributed by atoms with Gasteiger partial charge in [0.05, 0.1) is 22.8 Å². The van der Waals surface area contributed by atoms with E-state index in [1.165, 1.54) is 24.5 Å². The second-order valence-corrected chi connectivity index (χ2v) is 14.7. The monoisotopic (exact) mass is 808 g/mol. The fourth-order valence-corrected chi connectivity index (χ4v) is 8.08. The highest BCUT2D eigenvalue weighted by atomic mass is 35.5. The number of hydrogen-bond donors (Lipinski definition) is 2. The first-order valence-electron chi connectivity index (χ1n) is 19.0. The second-order valence-electron chi connectivity index (χ2n) is 14.3. The zero-order valence-corrected chi connectivity index (χ0v) is 32.0. The Hall–Kier alpha value is -6.19. The van der Waals surface area contributed by atoms with E-state index in [2.05, 4.69) is 15.3 Å². The molecule has 14 nitrogen and oxygen atoms in total. The van der Waals surface area contributed by atoms with E-state index >= 15 is 4.39 Å². The van der Waals surface area contributed by atoms with Gasteiger partial charge < -0.3 is 24.4 Å². The third-order valence-electron chi connectivity index (χ3n) is 10.7. The number of piperazine rings is 1. The van der Waals surface area contributed by atoms with E-state index in [9.17, 15) is 29.1 Å². The number of aromatic nitrogens is 2. The minimum Gasteiger partial charge on any atom is -0.508 e. The molecule has 0 radical (unpaired) electrons. The predicted molar refractivity (Wildman–Crippen MR) is 211 cm³/mol. The summed E-state index contributed by atoms with van der Waals surface area (Å²) in [6, 6.07) is 15.6. The van der Waals surface area contributed by atoms with Crippen molar-refractivity contribution in [2.75, 3.05) is 50.9 Å². The van der Waals surface area contributed by atoms with Gasteiger partial charge in [-0.05, 0) is 72.0 Å². The van der Waals surface area contributed by atoms with Crippen LogP contribution >= 0.6 is 11.6 Å². The third-order valence-corrected chi connectivity index (χ3v) is 11.0. The minimum atomic E-state index is -1.04. The number of nitrogens with zero attached hydrogens (tertiary/aromatic N) is 5. The lowest BCUT2D eigenvalue weighted by Crippen LogP contribution is -2.54. The summed E-state index contributed by atoms with van der Waals surface area (Å²) in [5.41, 5.74) is 1.03. The SMILES string of the molecule is O=C1CCC(N2C(=O)c3ccc(OCCOCCCCC(=O)N4CCN(c5ncnc6c(F)c(-c7cc(O)cc8ccccc78)c(Cl)cc56)CC4)cc3C2=O)C(=O)N1. The molecular formula is C42H38ClFN6O8. The molecule has 0 saturated carbocycles. The lowest BCUT2D eigenvalue weighted by Gasteiger charge is -2.36. The van der Waals surface area contributed by atoms with Gasteiger partial charge in [0, 0.05) is 56.6 Å². The summed E-state index contributed by atoms with van der Waals surface area (Å²) in [4.78, 5) is 76.2. The molecule has 8 rings (SSSR count). The number of anilines is 1. The zero-order chi connectivity index (χ0) is 40.5. The molecule has 5 amide bonds. The molecule has 1 unspecified atom stereocenters. The average Bonchev–Trinajstić information content (AvgIpc) is 3.46. The smallest absolute Gasteiger partial charge is 0.262 e. The number of fused-ring (bicyclic) bond motifs is 3. The summed E-state index contributed by atoms with van der Waals surface area (Å²) in [6.07, 6.45) is 3.11. The van der Waals surface area contributed by atoms with Crippen LogP contribution in [-0.2, 0) is 19.1 Å². The van der Waals surface area contributed by atoms with Gasteiger partial charge in [0.1, 0.15) is 41.8 Å². The topological polar surface area (TPSA) is 172 Å². The van der Waals surface area contributed by atoms with Crippen LogP contribution in [0, 0.1) is 5.82 Å². The van der Waals surface area contributed by atoms with Gasteiger partial charge in [-0.3, -0.25) is 34.2 Å². The molecule has 2 saturated heterocycles. The molecule has 3 aliphatic heterocycles. The molecule has 3 aliphatic rings. The van der Waals surface area contributed by atoms with Crippen molar-refractivity contribution in [1.29, 1.82) is 0 Å². The maximum Gasteiger partial charge on any atom is 0.262 e. The lowest BCUT2D eigenvalue weighted by molar-refractivity contribution is -0.136. The van der Waals surface area contributed by atoms with E-state index in [1.54, 1.807) is 18.2 Å². The normalized spacial score (nSPS) is 17.0. The van der Waals surface area contributed by atoms with Crippen molar-refractivity contribution in [3.63, 3.8) is 0 Å². The van der Waals surface area contributed by atoms with Crippen LogP contribution in [-0.4, -0.2) is 106 Å². The molecule has 298 valence electrons. The quantitative estimate of drug-likeness (QED) is 0.124. The van der Waals surface area contributed by atoms with Crippen molar-refractivity contribution in [3.8, 4) is 22.6 Å². The number of rotatable bonds is 12. The molecule has 0 aliphatic carbocycles. The largest absolute Gasteiger partial charge is 0.508 e. The van der Waals surface area contributed by atoms with Crippen LogP contribution in [0.15, 0.2) is 67.0 Å². The van der Waals surface area contributed by atoms with Crippen LogP contribution in [0.1, 0.15) is 52.8 Å². The maximum atomic E-state index is 16.3. The fraction of sp³-hybridized carbons (Fsp3) is 0.310. The van der Waals surface area contributed by atoms with E-state index in [0.29, 0.717) is 74.6 Å². The van der Waals surface area contributed by atoms with Gasteiger partial charge in [0.2, 0.25) is 17.7 Å². The summed E-state index contributed by atoms with van der Waals surface area (Å²) in [5.74, 6) is -1.97. The lowest BCUT2D eigenvalue weighted by atomic mass is 9.96. The molecule has 1 atom stereocenters. The summed E-state index contributed by atoms with van der Waals surface area (Å²) in [6.45, 7) is 2.81. The number of amides is 5. The molecule has 0 bridgehead atoms. The Morgan fingerprint density at radius 1 is 0.879 bits per heavy atom. The Morgan fingerprint density at radius 3 is 2.48 bits per heavy atom. The van der Waals surface area contributed by atoms with E-state index in [1.807, 2.05) is 34.1 Å². The van der Waals surface area contributed by atoms with E-state index < -0.39 is 35.5 Å². The van der Waals surface area contributed by atoms with Crippen LogP contribution in [0.5, 0.6) is 11.5 Å². The van der Waals surface area contributed by atoms with Crippen LogP contribution < -0.4 is 15.0 Å². The highest BCUT2D eigenvalue weighted by Gasteiger charge is 2.44. The Morgan fingerprint density at radius 2 is 1.67 bits per heavy atom. The number of imide groups is 2. The van der Waals surface area contributed by atoms with E-state index in [-0.39, 0.29) is 64.9 Å². The van der Waals surface area contributed by atoms with Gasteiger partial charge in [0.25, 0.3) is 11.8 Å². The standard InChI is InChI=1S/C42H38ClFN6O8/c43-32-22-31-38(37(44)36(32)29-20-25(51)19-24-5-1-2-6-27(24)29)45-23-46-39(31)49-14-12-48(13-15-49)35(53)7-3-4-16-57-17-18-58-26-8-9-28-30(21-26)42(56)50(41(28)55)33-10-11-34(52)47-40(33)54/h1-2,5-6,8-9,19-23,33,51H,3-4,7,10-18H2,(H,47,52,54). The summed E-state index contributed by atoms with van der Waals surface area (Å²) in [5, 5.41) is 14.7. The Bertz CT molecular complexity index is 2490. The van der Waals surface area contributed by atoms with Crippen LogP contribution in [0.2, 0.25) is 5.02 Å². The number of piperidine rings is 1. The third kappa shape index (κ3) is 7.50. The number of carbonyl (C=O) groups excluding carboxylic acids is 5. The summed E-state index contributed by atoms with van der Waals surface area (Å²) < 4.78 is 27.7. The molecule has 2 fully saturated rings. The number of hydrogen-bond acceptors (Lipinski definition) is 11. The molecule has 5 aromatic rings. The van der Waals surface area contributed by atoms with Gasteiger partial charge in [-0.15, -0.1) is 0 Å². The van der Waals surface area contributed by atoms with Gasteiger partial charge in [0.15, 0.2) is 5.82 Å². The van der Waals surface area contributed by atoms with Gasteiger partial charge in [-0.2, -0.15) is 0 Å². The molecule has 16 heteroatoms. The van der Waals surface area contributed by atoms with Gasteiger partial charge >= 0.3 is 0 Å². The minimum absolute atomic E-state index is 0.00528. The number of halogens is 2. The number of carbonyl (C=O) groups is 5. The van der Waals surface area contributed by atoms with Gasteiger partial charge in [-0.25, -0.2) is 14.4 Å². The Balaban J connectivity index is 0.780. The number of phenols is 1. The van der Waals surface area contributed by atoms with Crippen molar-refractivity contribution in [2.45, 2.75) is 38.1 Å². The van der Waals surface area contributed by atoms with Crippen molar-refractivity contribution >= 4 is 68.6 Å². The number of aromatic hydroxyl groups is 1. The molecule has 0 spiro atoms. The zero-order valence-electron chi connectivity index (χ0n) is 31.2. The highest BCUT2D eigenvalue weighted by Crippen LogP contribution is 2.42. The Labute approximate surface area is 336 Å². The number of nitrogens with one attached hydrogen (secondary N) is 1. The highest BCUT2D eigenvalue weighted by molar-refractivity contribution is 6.35. The number of phenolic OH excluding ortho intramolecular Hbond substituents is 1. The molecule has 58 heavy (non-hydrogen) atoms. The molecular weight excluding hydrogens is 771 g/mol. The second kappa shape index (κ2) is 16.3. The predicted octanol–water partition coefficient (Wildman–Crippen LogP) is 5.26. The van der Waals surface area contributed by atoms with E-state index in [4.69, 9.17) is 21.1 Å². The Kier molecular flexibility index (Phi) is 10.9. The maximum absolute atomic E-state index is 16.3. The summed E-state index contributed by atoms with van der Waals surface area (Å²) in [7, 11) is 0. The first kappa shape index (κ1) is 38.7.